The van der Waals surface area contributed by atoms with E-state index >= 15 is 0 Å². The predicted octanol–water partition coefficient (Wildman–Crippen LogP) is 1.38. The molecule has 0 atom stereocenters. The van der Waals surface area contributed by atoms with E-state index in [2.05, 4.69) is 5.32 Å². The molecule has 4 heteroatoms. The van der Waals surface area contributed by atoms with Crippen LogP contribution in [0.1, 0.15) is 13.8 Å². The summed E-state index contributed by atoms with van der Waals surface area (Å²) in [5.41, 5.74) is 5.79. The first-order valence-electron chi connectivity index (χ1n) is 5.22. The highest BCUT2D eigenvalue weighted by atomic mass is 16.5. The number of nitrogens with one attached hydrogen (secondary N) is 1. The van der Waals surface area contributed by atoms with E-state index in [9.17, 15) is 4.79 Å². The molecule has 0 fully saturated rings. The number of para-hydroxylation sites is 1. The number of benzene rings is 1. The summed E-state index contributed by atoms with van der Waals surface area (Å²) in [4.78, 5) is 11.5. The van der Waals surface area contributed by atoms with E-state index in [4.69, 9.17) is 10.5 Å². The largest absolute Gasteiger partial charge is 0.364 e. The zero-order valence-electron chi connectivity index (χ0n) is 9.69. The summed E-state index contributed by atoms with van der Waals surface area (Å²) in [6, 6.07) is 9.27. The lowest BCUT2D eigenvalue weighted by Crippen LogP contribution is -2.36. The zero-order chi connectivity index (χ0) is 12.0. The summed E-state index contributed by atoms with van der Waals surface area (Å²) in [7, 11) is 0. The Morgan fingerprint density at radius 2 is 2.00 bits per heavy atom. The van der Waals surface area contributed by atoms with Gasteiger partial charge in [0, 0.05) is 12.2 Å². The number of carbonyl (C=O) groups excluding carboxylic acids is 1. The van der Waals surface area contributed by atoms with Gasteiger partial charge in [-0.15, -0.1) is 0 Å². The van der Waals surface area contributed by atoms with Gasteiger partial charge in [0.15, 0.2) is 0 Å². The van der Waals surface area contributed by atoms with Crippen molar-refractivity contribution in [2.45, 2.75) is 19.4 Å². The van der Waals surface area contributed by atoms with Gasteiger partial charge in [0.2, 0.25) is 5.91 Å². The Labute approximate surface area is 95.8 Å². The minimum atomic E-state index is -0.464. The Balaban J connectivity index is 2.38. The van der Waals surface area contributed by atoms with Crippen molar-refractivity contribution in [1.82, 2.24) is 0 Å². The van der Waals surface area contributed by atoms with Gasteiger partial charge in [0.05, 0.1) is 5.60 Å². The van der Waals surface area contributed by atoms with E-state index in [1.54, 1.807) is 0 Å². The van der Waals surface area contributed by atoms with Crippen molar-refractivity contribution in [3.8, 4) is 0 Å². The number of hydrogen-bond donors (Lipinski definition) is 2. The van der Waals surface area contributed by atoms with Crippen molar-refractivity contribution in [2.75, 3.05) is 18.5 Å². The van der Waals surface area contributed by atoms with Gasteiger partial charge in [-0.1, -0.05) is 18.2 Å². The number of ether oxygens (including phenoxy) is 1. The zero-order valence-corrected chi connectivity index (χ0v) is 9.69. The quantitative estimate of drug-likeness (QED) is 0.791. The molecule has 0 saturated heterocycles. The molecule has 16 heavy (non-hydrogen) atoms. The molecule has 1 rings (SSSR count). The average Bonchev–Trinajstić information content (AvgIpc) is 2.28. The third-order valence-electron chi connectivity index (χ3n) is 2.14. The maximum Gasteiger partial charge on any atom is 0.250 e. The summed E-state index contributed by atoms with van der Waals surface area (Å²) in [5.74, 6) is -0.173. The fraction of sp³-hybridized carbons (Fsp3) is 0.417. The number of rotatable bonds is 5. The van der Waals surface area contributed by atoms with E-state index in [-0.39, 0.29) is 12.5 Å². The second-order valence-corrected chi connectivity index (χ2v) is 4.17. The van der Waals surface area contributed by atoms with Gasteiger partial charge < -0.3 is 15.8 Å². The maximum absolute atomic E-state index is 11.5. The second kappa shape index (κ2) is 5.63. The van der Waals surface area contributed by atoms with Crippen molar-refractivity contribution < 1.29 is 9.53 Å². The van der Waals surface area contributed by atoms with E-state index in [0.717, 1.165) is 5.69 Å². The van der Waals surface area contributed by atoms with E-state index in [1.165, 1.54) is 0 Å². The van der Waals surface area contributed by atoms with Crippen molar-refractivity contribution >= 4 is 11.6 Å². The highest BCUT2D eigenvalue weighted by Gasteiger charge is 2.17. The van der Waals surface area contributed by atoms with Crippen LogP contribution in [-0.2, 0) is 9.53 Å². The van der Waals surface area contributed by atoms with Crippen molar-refractivity contribution in [3.63, 3.8) is 0 Å². The minimum Gasteiger partial charge on any atom is -0.364 e. The van der Waals surface area contributed by atoms with E-state index in [0.29, 0.717) is 6.54 Å². The van der Waals surface area contributed by atoms with Gasteiger partial charge in [-0.05, 0) is 26.0 Å². The SMILES string of the molecule is CC(C)(CN)OCC(=O)Nc1ccccc1. The van der Waals surface area contributed by atoms with Crippen molar-refractivity contribution in [1.29, 1.82) is 0 Å². The fourth-order valence-corrected chi connectivity index (χ4v) is 1.04. The van der Waals surface area contributed by atoms with Crippen LogP contribution in [0.15, 0.2) is 30.3 Å². The molecule has 0 aliphatic rings. The third kappa shape index (κ3) is 4.42. The number of nitrogens with two attached hydrogens (primary N) is 1. The number of hydrogen-bond acceptors (Lipinski definition) is 3. The molecule has 0 aromatic heterocycles. The summed E-state index contributed by atoms with van der Waals surface area (Å²) in [6.07, 6.45) is 0. The highest BCUT2D eigenvalue weighted by Crippen LogP contribution is 2.08. The molecule has 3 N–H and O–H groups in total. The molecule has 0 radical (unpaired) electrons. The molecule has 88 valence electrons. The molecule has 0 unspecified atom stereocenters. The number of carbonyl (C=O) groups is 1. The lowest BCUT2D eigenvalue weighted by molar-refractivity contribution is -0.125. The van der Waals surface area contributed by atoms with Crippen LogP contribution >= 0.6 is 0 Å². The van der Waals surface area contributed by atoms with E-state index < -0.39 is 5.60 Å². The van der Waals surface area contributed by atoms with Crippen LogP contribution in [0, 0.1) is 0 Å². The van der Waals surface area contributed by atoms with Crippen LogP contribution in [0.25, 0.3) is 0 Å². The van der Waals surface area contributed by atoms with Crippen LogP contribution in [0.2, 0.25) is 0 Å². The first-order chi connectivity index (χ1) is 7.53. The summed E-state index contributed by atoms with van der Waals surface area (Å²) >= 11 is 0. The predicted molar refractivity (Wildman–Crippen MR) is 64.2 cm³/mol. The van der Waals surface area contributed by atoms with Crippen LogP contribution in [0.3, 0.4) is 0 Å². The smallest absolute Gasteiger partial charge is 0.250 e. The molecular formula is C12H18N2O2. The van der Waals surface area contributed by atoms with Crippen LogP contribution < -0.4 is 11.1 Å². The number of amides is 1. The van der Waals surface area contributed by atoms with E-state index in [1.807, 2.05) is 44.2 Å². The lowest BCUT2D eigenvalue weighted by atomic mass is 10.1. The Hall–Kier alpha value is -1.39. The van der Waals surface area contributed by atoms with Gasteiger partial charge >= 0.3 is 0 Å². The van der Waals surface area contributed by atoms with Gasteiger partial charge in [0.1, 0.15) is 6.61 Å². The third-order valence-corrected chi connectivity index (χ3v) is 2.14. The molecule has 4 nitrogen and oxygen atoms in total. The Kier molecular flexibility index (Phi) is 4.46. The van der Waals surface area contributed by atoms with Gasteiger partial charge in [-0.3, -0.25) is 4.79 Å². The molecule has 0 heterocycles. The molecule has 0 bridgehead atoms. The summed E-state index contributed by atoms with van der Waals surface area (Å²) < 4.78 is 5.38. The second-order valence-electron chi connectivity index (χ2n) is 4.17. The standard InChI is InChI=1S/C12H18N2O2/c1-12(2,9-13)16-8-11(15)14-10-6-4-3-5-7-10/h3-7H,8-9,13H2,1-2H3,(H,14,15). The Morgan fingerprint density at radius 3 is 2.56 bits per heavy atom. The first-order valence-corrected chi connectivity index (χ1v) is 5.22. The molecule has 1 aromatic carbocycles. The normalized spacial score (nSPS) is 11.2. The van der Waals surface area contributed by atoms with Gasteiger partial charge in [-0.25, -0.2) is 0 Å². The monoisotopic (exact) mass is 222 g/mol. The molecule has 1 amide bonds. The summed E-state index contributed by atoms with van der Waals surface area (Å²) in [6.45, 7) is 4.09. The average molecular weight is 222 g/mol. The highest BCUT2D eigenvalue weighted by molar-refractivity contribution is 5.91. The molecule has 0 saturated carbocycles. The maximum atomic E-state index is 11.5. The van der Waals surface area contributed by atoms with Crippen molar-refractivity contribution in [2.24, 2.45) is 5.73 Å². The molecule has 0 spiro atoms. The lowest BCUT2D eigenvalue weighted by Gasteiger charge is -2.22. The Morgan fingerprint density at radius 1 is 1.38 bits per heavy atom. The fourth-order valence-electron chi connectivity index (χ4n) is 1.04. The number of anilines is 1. The first kappa shape index (κ1) is 12.7. The molecular weight excluding hydrogens is 204 g/mol. The molecule has 0 aliphatic carbocycles. The minimum absolute atomic E-state index is 0.0130. The van der Waals surface area contributed by atoms with Crippen molar-refractivity contribution in [3.05, 3.63) is 30.3 Å². The summed E-state index contributed by atoms with van der Waals surface area (Å²) in [5, 5.41) is 2.73. The molecule has 1 aromatic rings. The van der Waals surface area contributed by atoms with Gasteiger partial charge in [0.25, 0.3) is 0 Å². The van der Waals surface area contributed by atoms with Crippen LogP contribution in [-0.4, -0.2) is 24.7 Å². The van der Waals surface area contributed by atoms with Gasteiger partial charge in [-0.2, -0.15) is 0 Å². The molecule has 0 aliphatic heterocycles. The van der Waals surface area contributed by atoms with Crippen LogP contribution in [0.4, 0.5) is 5.69 Å². The topological polar surface area (TPSA) is 64.3 Å². The Bertz CT molecular complexity index is 336. The van der Waals surface area contributed by atoms with Crippen LogP contribution in [0.5, 0.6) is 0 Å².